The number of para-hydroxylation sites is 1. The number of aryl methyl sites for hydroxylation is 1. The number of hydrogen-bond donors (Lipinski definition) is 2. The Kier molecular flexibility index (Phi) is 5.55. The Labute approximate surface area is 147 Å². The van der Waals surface area contributed by atoms with Crippen LogP contribution in [-0.2, 0) is 10.0 Å². The zero-order valence-electron chi connectivity index (χ0n) is 13.4. The van der Waals surface area contributed by atoms with Gasteiger partial charge in [-0.3, -0.25) is 9.52 Å². The first-order valence-electron chi connectivity index (χ1n) is 7.22. The second-order valence-electron chi connectivity index (χ2n) is 5.36. The summed E-state index contributed by atoms with van der Waals surface area (Å²) in [4.78, 5) is 11.5. The number of amides is 1. The molecular weight excluding hydrogens is 376 g/mol. The molecule has 0 aliphatic carbocycles. The zero-order chi connectivity index (χ0) is 19.5. The summed E-state index contributed by atoms with van der Waals surface area (Å²) >= 11 is 0. The fourth-order valence-electron chi connectivity index (χ4n) is 2.04. The molecule has 0 aromatic heterocycles. The van der Waals surface area contributed by atoms with Gasteiger partial charge in [0.15, 0.2) is 0 Å². The molecule has 0 unspecified atom stereocenters. The summed E-state index contributed by atoms with van der Waals surface area (Å²) in [6.45, 7) is -0.0983. The van der Waals surface area contributed by atoms with Crippen molar-refractivity contribution in [1.82, 2.24) is 5.32 Å². The Morgan fingerprint density at radius 2 is 1.77 bits per heavy atom. The van der Waals surface area contributed by atoms with Crippen LogP contribution in [0.15, 0.2) is 47.4 Å². The number of rotatable bonds is 5. The number of carbonyl (C=O) groups excluding carboxylic acids is 1. The number of benzene rings is 2. The molecular formula is C16H14F4N2O3S. The number of nitrogens with one attached hydrogen (secondary N) is 2. The summed E-state index contributed by atoms with van der Waals surface area (Å²) in [7, 11) is -4.24. The monoisotopic (exact) mass is 390 g/mol. The second-order valence-corrected chi connectivity index (χ2v) is 7.04. The molecule has 2 rings (SSSR count). The van der Waals surface area contributed by atoms with Crippen molar-refractivity contribution in [3.05, 3.63) is 59.4 Å². The normalized spacial score (nSPS) is 11.9. The zero-order valence-corrected chi connectivity index (χ0v) is 14.2. The molecule has 10 heteroatoms. The summed E-state index contributed by atoms with van der Waals surface area (Å²) in [6, 6.07) is 8.44. The Morgan fingerprint density at radius 1 is 1.12 bits per heavy atom. The molecule has 2 aromatic carbocycles. The highest BCUT2D eigenvalue weighted by atomic mass is 32.2. The maximum absolute atomic E-state index is 13.6. The molecule has 0 aliphatic heterocycles. The van der Waals surface area contributed by atoms with Gasteiger partial charge in [-0.15, -0.1) is 0 Å². The average molecular weight is 390 g/mol. The van der Waals surface area contributed by atoms with E-state index in [0.717, 1.165) is 12.1 Å². The molecule has 0 heterocycles. The van der Waals surface area contributed by atoms with Gasteiger partial charge in [-0.2, -0.15) is 13.2 Å². The summed E-state index contributed by atoms with van der Waals surface area (Å²) in [5.74, 6) is -1.87. The van der Waals surface area contributed by atoms with E-state index in [4.69, 9.17) is 0 Å². The van der Waals surface area contributed by atoms with Gasteiger partial charge in [-0.05, 0) is 36.8 Å². The smallest absolute Gasteiger partial charge is 0.343 e. The van der Waals surface area contributed by atoms with Gasteiger partial charge in [0.05, 0.1) is 10.6 Å². The third-order valence-electron chi connectivity index (χ3n) is 3.33. The fourth-order valence-corrected chi connectivity index (χ4v) is 3.13. The van der Waals surface area contributed by atoms with Crippen LogP contribution >= 0.6 is 0 Å². The van der Waals surface area contributed by atoms with Crippen LogP contribution in [0.25, 0.3) is 0 Å². The SMILES string of the molecule is Cc1ccc(S(=O)(=O)Nc2ccccc2F)cc1C(=O)NCC(F)(F)F. The highest BCUT2D eigenvalue weighted by molar-refractivity contribution is 7.92. The van der Waals surface area contributed by atoms with Crippen LogP contribution in [0.5, 0.6) is 0 Å². The lowest BCUT2D eigenvalue weighted by atomic mass is 10.1. The molecule has 0 atom stereocenters. The van der Waals surface area contributed by atoms with Crippen LogP contribution in [0.1, 0.15) is 15.9 Å². The van der Waals surface area contributed by atoms with E-state index in [0.29, 0.717) is 0 Å². The molecule has 5 nitrogen and oxygen atoms in total. The largest absolute Gasteiger partial charge is 0.405 e. The van der Waals surface area contributed by atoms with Gasteiger partial charge in [0.2, 0.25) is 0 Å². The number of anilines is 1. The standard InChI is InChI=1S/C16H14F4N2O3S/c1-10-6-7-11(8-12(10)15(23)21-9-16(18,19)20)26(24,25)22-14-5-3-2-4-13(14)17/h2-8,22H,9H2,1H3,(H,21,23). The highest BCUT2D eigenvalue weighted by Crippen LogP contribution is 2.21. The van der Waals surface area contributed by atoms with Gasteiger partial charge >= 0.3 is 6.18 Å². The first-order valence-corrected chi connectivity index (χ1v) is 8.71. The first-order chi connectivity index (χ1) is 12.0. The molecule has 0 aliphatic rings. The minimum absolute atomic E-state index is 0.231. The third-order valence-corrected chi connectivity index (χ3v) is 4.69. The number of hydrogen-bond acceptors (Lipinski definition) is 3. The third kappa shape index (κ3) is 4.94. The van der Waals surface area contributed by atoms with Crippen LogP contribution in [0.2, 0.25) is 0 Å². The number of sulfonamides is 1. The maximum Gasteiger partial charge on any atom is 0.405 e. The minimum atomic E-state index is -4.60. The van der Waals surface area contributed by atoms with Crippen molar-refractivity contribution in [3.8, 4) is 0 Å². The quantitative estimate of drug-likeness (QED) is 0.770. The van der Waals surface area contributed by atoms with Gasteiger partial charge in [-0.1, -0.05) is 18.2 Å². The molecule has 26 heavy (non-hydrogen) atoms. The lowest BCUT2D eigenvalue weighted by Gasteiger charge is -2.13. The van der Waals surface area contributed by atoms with Crippen molar-refractivity contribution in [2.24, 2.45) is 0 Å². The van der Waals surface area contributed by atoms with Crippen LogP contribution in [-0.4, -0.2) is 27.0 Å². The van der Waals surface area contributed by atoms with Crippen LogP contribution in [0.4, 0.5) is 23.2 Å². The van der Waals surface area contributed by atoms with Gasteiger partial charge in [0.1, 0.15) is 12.4 Å². The van der Waals surface area contributed by atoms with E-state index < -0.39 is 34.5 Å². The van der Waals surface area contributed by atoms with E-state index in [1.807, 2.05) is 4.72 Å². The Bertz CT molecular complexity index is 927. The molecule has 140 valence electrons. The van der Waals surface area contributed by atoms with E-state index in [1.54, 1.807) is 5.32 Å². The molecule has 0 saturated heterocycles. The van der Waals surface area contributed by atoms with E-state index in [1.165, 1.54) is 37.3 Å². The lowest BCUT2D eigenvalue weighted by Crippen LogP contribution is -2.34. The average Bonchev–Trinajstić information content (AvgIpc) is 2.54. The number of alkyl halides is 3. The number of halogens is 4. The van der Waals surface area contributed by atoms with Crippen molar-refractivity contribution >= 4 is 21.6 Å². The van der Waals surface area contributed by atoms with Crippen molar-refractivity contribution in [2.45, 2.75) is 18.0 Å². The predicted molar refractivity (Wildman–Crippen MR) is 86.8 cm³/mol. The van der Waals surface area contributed by atoms with Crippen molar-refractivity contribution in [3.63, 3.8) is 0 Å². The minimum Gasteiger partial charge on any atom is -0.343 e. The highest BCUT2D eigenvalue weighted by Gasteiger charge is 2.28. The molecule has 0 radical (unpaired) electrons. The van der Waals surface area contributed by atoms with E-state index in [2.05, 4.69) is 0 Å². The van der Waals surface area contributed by atoms with E-state index in [9.17, 15) is 30.8 Å². The molecule has 0 spiro atoms. The molecule has 2 N–H and O–H groups in total. The molecule has 1 amide bonds. The summed E-state index contributed by atoms with van der Waals surface area (Å²) in [5.41, 5.74) is -0.240. The number of carbonyl (C=O) groups is 1. The Hall–Kier alpha value is -2.62. The van der Waals surface area contributed by atoms with Crippen LogP contribution < -0.4 is 10.0 Å². The lowest BCUT2D eigenvalue weighted by molar-refractivity contribution is -0.123. The predicted octanol–water partition coefficient (Wildman–Crippen LogP) is 3.23. The van der Waals surface area contributed by atoms with Crippen LogP contribution in [0.3, 0.4) is 0 Å². The van der Waals surface area contributed by atoms with Gasteiger partial charge in [0, 0.05) is 5.56 Å². The van der Waals surface area contributed by atoms with Crippen molar-refractivity contribution in [1.29, 1.82) is 0 Å². The first kappa shape index (κ1) is 19.7. The summed E-state index contributed by atoms with van der Waals surface area (Å²) < 4.78 is 77.1. The van der Waals surface area contributed by atoms with Crippen molar-refractivity contribution in [2.75, 3.05) is 11.3 Å². The fraction of sp³-hybridized carbons (Fsp3) is 0.188. The van der Waals surface area contributed by atoms with Gasteiger partial charge in [-0.25, -0.2) is 12.8 Å². The molecule has 0 bridgehead atoms. The van der Waals surface area contributed by atoms with Crippen LogP contribution in [0, 0.1) is 12.7 Å². The topological polar surface area (TPSA) is 75.3 Å². The maximum atomic E-state index is 13.6. The van der Waals surface area contributed by atoms with Crippen molar-refractivity contribution < 1.29 is 30.8 Å². The van der Waals surface area contributed by atoms with E-state index >= 15 is 0 Å². The summed E-state index contributed by atoms with van der Waals surface area (Å²) in [6.07, 6.45) is -4.60. The Morgan fingerprint density at radius 3 is 2.38 bits per heavy atom. The second kappa shape index (κ2) is 7.32. The molecule has 0 saturated carbocycles. The summed E-state index contributed by atoms with van der Waals surface area (Å²) in [5, 5.41) is 1.68. The molecule has 2 aromatic rings. The Balaban J connectivity index is 2.30. The van der Waals surface area contributed by atoms with Gasteiger partial charge in [0.25, 0.3) is 15.9 Å². The van der Waals surface area contributed by atoms with Gasteiger partial charge < -0.3 is 5.32 Å². The van der Waals surface area contributed by atoms with E-state index in [-0.39, 0.29) is 21.7 Å². The molecule has 0 fully saturated rings.